The van der Waals surface area contributed by atoms with Gasteiger partial charge in [0.05, 0.1) is 23.0 Å². The van der Waals surface area contributed by atoms with E-state index in [9.17, 15) is 0 Å². The van der Waals surface area contributed by atoms with E-state index in [1.54, 1.807) is 6.20 Å². The van der Waals surface area contributed by atoms with E-state index in [0.717, 1.165) is 23.7 Å². The van der Waals surface area contributed by atoms with Gasteiger partial charge < -0.3 is 5.32 Å². The minimum absolute atomic E-state index is 0.287. The van der Waals surface area contributed by atoms with E-state index >= 15 is 0 Å². The average Bonchev–Trinajstić information content (AvgIpc) is 3.23. The maximum Gasteiger partial charge on any atom is 0.0834 e. The number of hydrogen-bond acceptors (Lipinski definition) is 2. The number of nitrogens with one attached hydrogen (secondary N) is 1. The van der Waals surface area contributed by atoms with Crippen molar-refractivity contribution in [3.63, 3.8) is 0 Å². The summed E-state index contributed by atoms with van der Waals surface area (Å²) in [6, 6.07) is 11.1. The molecule has 4 heteroatoms. The van der Waals surface area contributed by atoms with E-state index in [4.69, 9.17) is 11.6 Å². The fraction of sp³-hybridized carbons (Fsp3) is 0.471. The number of benzene rings is 1. The van der Waals surface area contributed by atoms with Crippen molar-refractivity contribution in [2.45, 2.75) is 31.7 Å². The summed E-state index contributed by atoms with van der Waals surface area (Å²) in [5.41, 5.74) is 2.55. The molecule has 1 aromatic heterocycles. The maximum atomic E-state index is 6.36. The molecule has 2 aromatic rings. The Balaban J connectivity index is 1.82. The average molecular weight is 304 g/mol. The Bertz CT molecular complexity index is 574. The van der Waals surface area contributed by atoms with Gasteiger partial charge in [-0.1, -0.05) is 48.9 Å². The van der Waals surface area contributed by atoms with Crippen molar-refractivity contribution in [1.29, 1.82) is 0 Å². The molecule has 1 aliphatic rings. The molecule has 0 bridgehead atoms. The highest BCUT2D eigenvalue weighted by Crippen LogP contribution is 2.54. The van der Waals surface area contributed by atoms with Crippen LogP contribution < -0.4 is 5.32 Å². The van der Waals surface area contributed by atoms with Crippen molar-refractivity contribution in [3.05, 3.63) is 52.8 Å². The summed E-state index contributed by atoms with van der Waals surface area (Å²) in [5, 5.41) is 8.74. The summed E-state index contributed by atoms with van der Waals surface area (Å²) in [6.45, 7) is 3.20. The molecule has 0 saturated heterocycles. The lowest BCUT2D eigenvalue weighted by atomic mass is 10.0. The SMILES string of the molecule is CCCNC(c1c(Cl)cnn1C)C1CC1c1ccccc1. The van der Waals surface area contributed by atoms with Crippen LogP contribution in [-0.4, -0.2) is 16.3 Å². The van der Waals surface area contributed by atoms with Crippen LogP contribution in [0.5, 0.6) is 0 Å². The number of aromatic nitrogens is 2. The molecule has 0 aliphatic heterocycles. The lowest BCUT2D eigenvalue weighted by molar-refractivity contribution is 0.444. The molecule has 1 heterocycles. The fourth-order valence-electron chi connectivity index (χ4n) is 3.19. The number of nitrogens with zero attached hydrogens (tertiary/aromatic N) is 2. The summed E-state index contributed by atoms with van der Waals surface area (Å²) in [6.07, 6.45) is 4.08. The molecule has 3 unspecified atom stereocenters. The minimum Gasteiger partial charge on any atom is -0.308 e. The molecule has 3 rings (SSSR count). The zero-order valence-electron chi connectivity index (χ0n) is 12.6. The van der Waals surface area contributed by atoms with Gasteiger partial charge in [0, 0.05) is 7.05 Å². The standard InChI is InChI=1S/C17H22ClN3/c1-3-9-19-16(17-15(18)11-20-21(17)2)14-10-13(14)12-7-5-4-6-8-12/h4-8,11,13-14,16,19H,3,9-10H2,1-2H3. The summed E-state index contributed by atoms with van der Waals surface area (Å²) in [7, 11) is 1.97. The first-order chi connectivity index (χ1) is 10.2. The lowest BCUT2D eigenvalue weighted by Crippen LogP contribution is -2.26. The van der Waals surface area contributed by atoms with Gasteiger partial charge in [-0.2, -0.15) is 5.10 Å². The fourth-order valence-corrected chi connectivity index (χ4v) is 3.47. The van der Waals surface area contributed by atoms with E-state index in [0.29, 0.717) is 11.8 Å². The molecule has 1 fully saturated rings. The first kappa shape index (κ1) is 14.6. The summed E-state index contributed by atoms with van der Waals surface area (Å²) in [4.78, 5) is 0. The predicted octanol–water partition coefficient (Wildman–Crippen LogP) is 3.92. The van der Waals surface area contributed by atoms with E-state index < -0.39 is 0 Å². The summed E-state index contributed by atoms with van der Waals surface area (Å²) >= 11 is 6.36. The number of rotatable bonds is 6. The molecular weight excluding hydrogens is 282 g/mol. The zero-order chi connectivity index (χ0) is 14.8. The van der Waals surface area contributed by atoms with Gasteiger partial charge in [0.25, 0.3) is 0 Å². The van der Waals surface area contributed by atoms with Gasteiger partial charge in [-0.3, -0.25) is 4.68 Å². The highest BCUT2D eigenvalue weighted by atomic mass is 35.5. The van der Waals surface area contributed by atoms with Gasteiger partial charge in [-0.15, -0.1) is 0 Å². The molecule has 0 radical (unpaired) electrons. The van der Waals surface area contributed by atoms with E-state index in [2.05, 4.69) is 47.7 Å². The van der Waals surface area contributed by atoms with Crippen LogP contribution in [0.25, 0.3) is 0 Å². The monoisotopic (exact) mass is 303 g/mol. The Morgan fingerprint density at radius 2 is 2.14 bits per heavy atom. The van der Waals surface area contributed by atoms with Crippen molar-refractivity contribution >= 4 is 11.6 Å². The van der Waals surface area contributed by atoms with Crippen LogP contribution in [-0.2, 0) is 7.05 Å². The molecule has 1 saturated carbocycles. The van der Waals surface area contributed by atoms with Crippen molar-refractivity contribution in [1.82, 2.24) is 15.1 Å². The van der Waals surface area contributed by atoms with Gasteiger partial charge >= 0.3 is 0 Å². The Hall–Kier alpha value is -1.32. The molecule has 3 atom stereocenters. The highest BCUT2D eigenvalue weighted by Gasteiger charge is 2.45. The topological polar surface area (TPSA) is 29.9 Å². The quantitative estimate of drug-likeness (QED) is 0.876. The van der Waals surface area contributed by atoms with Crippen LogP contribution in [0.4, 0.5) is 0 Å². The Morgan fingerprint density at radius 3 is 2.76 bits per heavy atom. The number of hydrogen-bond donors (Lipinski definition) is 1. The molecule has 0 amide bonds. The third-order valence-electron chi connectivity index (χ3n) is 4.34. The Labute approximate surface area is 131 Å². The predicted molar refractivity (Wildman–Crippen MR) is 86.5 cm³/mol. The third-order valence-corrected chi connectivity index (χ3v) is 4.63. The molecular formula is C17H22ClN3. The molecule has 112 valence electrons. The van der Waals surface area contributed by atoms with Crippen molar-refractivity contribution in [2.24, 2.45) is 13.0 Å². The molecule has 3 nitrogen and oxygen atoms in total. The van der Waals surface area contributed by atoms with Gasteiger partial charge in [-0.25, -0.2) is 0 Å². The molecule has 1 N–H and O–H groups in total. The van der Waals surface area contributed by atoms with Crippen LogP contribution in [0.2, 0.25) is 5.02 Å². The van der Waals surface area contributed by atoms with Crippen molar-refractivity contribution in [3.8, 4) is 0 Å². The summed E-state index contributed by atoms with van der Waals surface area (Å²) in [5.74, 6) is 1.23. The lowest BCUT2D eigenvalue weighted by Gasteiger charge is -2.20. The second-order valence-electron chi connectivity index (χ2n) is 5.85. The first-order valence-electron chi connectivity index (χ1n) is 7.68. The summed E-state index contributed by atoms with van der Waals surface area (Å²) < 4.78 is 1.91. The van der Waals surface area contributed by atoms with Gasteiger partial charge in [-0.05, 0) is 36.8 Å². The Kier molecular flexibility index (Phi) is 4.32. The Morgan fingerprint density at radius 1 is 1.38 bits per heavy atom. The molecule has 1 aliphatic carbocycles. The second-order valence-corrected chi connectivity index (χ2v) is 6.26. The van der Waals surface area contributed by atoms with Crippen LogP contribution in [0.15, 0.2) is 36.5 Å². The zero-order valence-corrected chi connectivity index (χ0v) is 13.3. The van der Waals surface area contributed by atoms with E-state index in [-0.39, 0.29) is 6.04 Å². The number of aryl methyl sites for hydroxylation is 1. The van der Waals surface area contributed by atoms with Crippen molar-refractivity contribution < 1.29 is 0 Å². The van der Waals surface area contributed by atoms with Crippen LogP contribution in [0.1, 0.15) is 43.0 Å². The minimum atomic E-state index is 0.287. The maximum absolute atomic E-state index is 6.36. The largest absolute Gasteiger partial charge is 0.308 e. The van der Waals surface area contributed by atoms with Gasteiger partial charge in [0.1, 0.15) is 0 Å². The molecule has 1 aromatic carbocycles. The number of halogens is 1. The third kappa shape index (κ3) is 2.99. The van der Waals surface area contributed by atoms with Gasteiger partial charge in [0.15, 0.2) is 0 Å². The van der Waals surface area contributed by atoms with Crippen molar-refractivity contribution in [2.75, 3.05) is 6.54 Å². The van der Waals surface area contributed by atoms with E-state index in [1.807, 2.05) is 11.7 Å². The second kappa shape index (κ2) is 6.20. The van der Waals surface area contributed by atoms with Gasteiger partial charge in [0.2, 0.25) is 0 Å². The highest BCUT2D eigenvalue weighted by molar-refractivity contribution is 6.31. The van der Waals surface area contributed by atoms with E-state index in [1.165, 1.54) is 12.0 Å². The van der Waals surface area contributed by atoms with Crippen LogP contribution in [0, 0.1) is 5.92 Å². The smallest absolute Gasteiger partial charge is 0.0834 e. The molecule has 0 spiro atoms. The van der Waals surface area contributed by atoms with Crippen LogP contribution >= 0.6 is 11.6 Å². The first-order valence-corrected chi connectivity index (χ1v) is 8.06. The normalized spacial score (nSPS) is 22.2. The molecule has 21 heavy (non-hydrogen) atoms. The van der Waals surface area contributed by atoms with Crippen LogP contribution in [0.3, 0.4) is 0 Å².